The van der Waals surface area contributed by atoms with E-state index in [1.54, 1.807) is 30.6 Å². The Bertz CT molecular complexity index is 938. The zero-order chi connectivity index (χ0) is 21.6. The van der Waals surface area contributed by atoms with Gasteiger partial charge < -0.3 is 14.5 Å². The van der Waals surface area contributed by atoms with Gasteiger partial charge in [0.05, 0.1) is 16.6 Å². The molecule has 11 heteroatoms. The number of hydrogen-bond donors (Lipinski definition) is 0. The van der Waals surface area contributed by atoms with Crippen molar-refractivity contribution in [2.75, 3.05) is 31.1 Å². The number of halogens is 5. The van der Waals surface area contributed by atoms with Crippen LogP contribution in [0.15, 0.2) is 12.1 Å². The van der Waals surface area contributed by atoms with E-state index >= 15 is 0 Å². The maximum absolute atomic E-state index is 13.9. The lowest BCUT2D eigenvalue weighted by atomic mass is 10.1. The first-order chi connectivity index (χ1) is 13.3. The molecule has 2 heterocycles. The molecule has 0 aliphatic carbocycles. The molecule has 1 aromatic carbocycles. The fourth-order valence-corrected chi connectivity index (χ4v) is 3.14. The summed E-state index contributed by atoms with van der Waals surface area (Å²) in [5, 5.41) is -0.0945. The van der Waals surface area contributed by atoms with Crippen LogP contribution < -0.4 is 4.90 Å². The topological polar surface area (TPSA) is 58.6 Å². The number of alkyl halides is 3. The van der Waals surface area contributed by atoms with Crippen molar-refractivity contribution < 1.29 is 27.1 Å². The fourth-order valence-electron chi connectivity index (χ4n) is 2.89. The number of piperazine rings is 1. The van der Waals surface area contributed by atoms with Crippen LogP contribution in [0, 0.1) is 5.82 Å². The summed E-state index contributed by atoms with van der Waals surface area (Å²) in [6, 6.07) is 1.29. The van der Waals surface area contributed by atoms with Crippen LogP contribution in [0.5, 0.6) is 0 Å². The number of fused-ring (bicyclic) bond motifs is 1. The molecule has 0 saturated carbocycles. The Kier molecular flexibility index (Phi) is 5.50. The molecule has 158 valence electrons. The number of benzene rings is 1. The highest BCUT2D eigenvalue weighted by atomic mass is 35.5. The summed E-state index contributed by atoms with van der Waals surface area (Å²) in [5.74, 6) is -1.20. The molecule has 1 aromatic heterocycles. The summed E-state index contributed by atoms with van der Waals surface area (Å²) in [7, 11) is 0. The van der Waals surface area contributed by atoms with Gasteiger partial charge >= 0.3 is 12.3 Å². The normalized spacial score (nSPS) is 15.7. The van der Waals surface area contributed by atoms with E-state index in [0.717, 1.165) is 0 Å². The van der Waals surface area contributed by atoms with Gasteiger partial charge in [0.15, 0.2) is 11.0 Å². The zero-order valence-corrected chi connectivity index (χ0v) is 16.7. The molecular weight excluding hydrogens is 416 g/mol. The Morgan fingerprint density at radius 2 is 1.66 bits per heavy atom. The van der Waals surface area contributed by atoms with E-state index in [1.165, 1.54) is 0 Å². The number of hydrogen-bond acceptors (Lipinski definition) is 5. The van der Waals surface area contributed by atoms with Gasteiger partial charge in [0, 0.05) is 32.2 Å². The molecule has 0 N–H and O–H groups in total. The second-order valence-electron chi connectivity index (χ2n) is 7.61. The van der Waals surface area contributed by atoms with E-state index in [0.29, 0.717) is 38.3 Å². The lowest BCUT2D eigenvalue weighted by molar-refractivity contribution is -0.139. The Balaban J connectivity index is 1.81. The number of amides is 1. The highest BCUT2D eigenvalue weighted by Crippen LogP contribution is 2.34. The third-order valence-corrected chi connectivity index (χ3v) is 4.48. The second kappa shape index (κ2) is 7.47. The van der Waals surface area contributed by atoms with Crippen molar-refractivity contribution in [3.63, 3.8) is 0 Å². The van der Waals surface area contributed by atoms with Gasteiger partial charge in [-0.2, -0.15) is 13.2 Å². The van der Waals surface area contributed by atoms with Crippen LogP contribution in [0.4, 0.5) is 28.2 Å². The monoisotopic (exact) mass is 434 g/mol. The average Bonchev–Trinajstić information content (AvgIpc) is 2.59. The summed E-state index contributed by atoms with van der Waals surface area (Å²) in [6.07, 6.45) is -5.28. The molecule has 0 unspecified atom stereocenters. The molecule has 2 aromatic rings. The molecule has 1 amide bonds. The SMILES string of the molecule is CC(C)(C)OC(=O)N1CCN(c2nc3cc(F)c(C(F)(F)F)cc3nc2Cl)CC1. The van der Waals surface area contributed by atoms with Crippen molar-refractivity contribution in [3.05, 3.63) is 28.7 Å². The minimum Gasteiger partial charge on any atom is -0.444 e. The van der Waals surface area contributed by atoms with E-state index in [-0.39, 0.29) is 22.0 Å². The van der Waals surface area contributed by atoms with Crippen LogP contribution in [0.2, 0.25) is 5.15 Å². The van der Waals surface area contributed by atoms with Crippen molar-refractivity contribution >= 4 is 34.5 Å². The number of nitrogens with zero attached hydrogens (tertiary/aromatic N) is 4. The molecule has 0 radical (unpaired) electrons. The van der Waals surface area contributed by atoms with E-state index in [2.05, 4.69) is 9.97 Å². The van der Waals surface area contributed by atoms with Crippen LogP contribution in [-0.4, -0.2) is 52.7 Å². The van der Waals surface area contributed by atoms with Gasteiger partial charge in [0.1, 0.15) is 11.4 Å². The number of carbonyl (C=O) groups excluding carboxylic acids is 1. The molecule has 1 saturated heterocycles. The Morgan fingerprint density at radius 3 is 2.21 bits per heavy atom. The number of carbonyl (C=O) groups is 1. The maximum Gasteiger partial charge on any atom is 0.419 e. The lowest BCUT2D eigenvalue weighted by Gasteiger charge is -2.36. The summed E-state index contributed by atoms with van der Waals surface area (Å²) >= 11 is 6.13. The number of anilines is 1. The third-order valence-electron chi connectivity index (χ3n) is 4.23. The van der Waals surface area contributed by atoms with Gasteiger partial charge in [0.2, 0.25) is 0 Å². The maximum atomic E-state index is 13.9. The Hall–Kier alpha value is -2.36. The van der Waals surface area contributed by atoms with Gasteiger partial charge in [-0.05, 0) is 26.8 Å². The fraction of sp³-hybridized carbons (Fsp3) is 0.500. The smallest absolute Gasteiger partial charge is 0.419 e. The van der Waals surface area contributed by atoms with Crippen LogP contribution in [0.25, 0.3) is 11.0 Å². The van der Waals surface area contributed by atoms with Gasteiger partial charge in [0.25, 0.3) is 0 Å². The van der Waals surface area contributed by atoms with E-state index in [1.807, 2.05) is 0 Å². The highest BCUT2D eigenvalue weighted by Gasteiger charge is 2.35. The molecule has 1 fully saturated rings. The van der Waals surface area contributed by atoms with E-state index in [4.69, 9.17) is 16.3 Å². The van der Waals surface area contributed by atoms with Crippen molar-refractivity contribution in [2.24, 2.45) is 0 Å². The first kappa shape index (κ1) is 21.4. The molecule has 0 atom stereocenters. The molecular formula is C18H19ClF4N4O2. The average molecular weight is 435 g/mol. The van der Waals surface area contributed by atoms with Crippen molar-refractivity contribution in [2.45, 2.75) is 32.5 Å². The van der Waals surface area contributed by atoms with Crippen LogP contribution >= 0.6 is 11.6 Å². The van der Waals surface area contributed by atoms with Crippen molar-refractivity contribution in [1.29, 1.82) is 0 Å². The number of ether oxygens (including phenoxy) is 1. The predicted molar refractivity (Wildman–Crippen MR) is 99.5 cm³/mol. The lowest BCUT2D eigenvalue weighted by Crippen LogP contribution is -2.50. The molecule has 3 rings (SSSR count). The zero-order valence-electron chi connectivity index (χ0n) is 16.0. The highest BCUT2D eigenvalue weighted by molar-refractivity contribution is 6.32. The Labute approximate surface area is 169 Å². The van der Waals surface area contributed by atoms with Crippen molar-refractivity contribution in [3.8, 4) is 0 Å². The molecule has 1 aliphatic rings. The minimum atomic E-state index is -4.84. The standard InChI is InChI=1S/C18H19ClF4N4O2/c1-17(2,3)29-16(28)27-6-4-26(5-7-27)15-14(19)24-12-8-10(18(21,22)23)11(20)9-13(12)25-15/h8-9H,4-7H2,1-3H3. The van der Waals surface area contributed by atoms with Gasteiger partial charge in [-0.1, -0.05) is 11.6 Å². The van der Waals surface area contributed by atoms with Gasteiger partial charge in [-0.3, -0.25) is 0 Å². The summed E-state index contributed by atoms with van der Waals surface area (Å²) < 4.78 is 57.8. The third kappa shape index (κ3) is 4.80. The molecule has 29 heavy (non-hydrogen) atoms. The quantitative estimate of drug-likeness (QED) is 0.619. The van der Waals surface area contributed by atoms with Gasteiger partial charge in [-0.15, -0.1) is 0 Å². The summed E-state index contributed by atoms with van der Waals surface area (Å²) in [4.78, 5) is 23.6. The molecule has 0 spiro atoms. The second-order valence-corrected chi connectivity index (χ2v) is 7.97. The number of aromatic nitrogens is 2. The van der Waals surface area contributed by atoms with E-state index < -0.39 is 29.3 Å². The predicted octanol–water partition coefficient (Wildman–Crippen LogP) is 4.50. The van der Waals surface area contributed by atoms with Gasteiger partial charge in [-0.25, -0.2) is 19.2 Å². The van der Waals surface area contributed by atoms with Crippen LogP contribution in [0.1, 0.15) is 26.3 Å². The minimum absolute atomic E-state index is 0.0375. The van der Waals surface area contributed by atoms with E-state index in [9.17, 15) is 22.4 Å². The molecule has 0 bridgehead atoms. The molecule has 6 nitrogen and oxygen atoms in total. The summed E-state index contributed by atoms with van der Waals surface area (Å²) in [5.41, 5.74) is -2.22. The first-order valence-corrected chi connectivity index (χ1v) is 9.20. The number of rotatable bonds is 1. The van der Waals surface area contributed by atoms with Crippen molar-refractivity contribution in [1.82, 2.24) is 14.9 Å². The molecule has 1 aliphatic heterocycles. The summed E-state index contributed by atoms with van der Waals surface area (Å²) in [6.45, 7) is 6.72. The van der Waals surface area contributed by atoms with Crippen LogP contribution in [0.3, 0.4) is 0 Å². The Morgan fingerprint density at radius 1 is 1.07 bits per heavy atom. The largest absolute Gasteiger partial charge is 0.444 e. The first-order valence-electron chi connectivity index (χ1n) is 8.82. The van der Waals surface area contributed by atoms with Crippen LogP contribution in [-0.2, 0) is 10.9 Å².